The maximum absolute atomic E-state index is 13.2. The van der Waals surface area contributed by atoms with E-state index in [1.807, 2.05) is 0 Å². The number of nitrogens with two attached hydrogens (primary N) is 1. The molecule has 0 aliphatic carbocycles. The Morgan fingerprint density at radius 1 is 1.57 bits per heavy atom. The summed E-state index contributed by atoms with van der Waals surface area (Å²) < 4.78 is 18.3. The lowest BCUT2D eigenvalue weighted by Gasteiger charge is -2.09. The highest BCUT2D eigenvalue weighted by Gasteiger charge is 2.05. The van der Waals surface area contributed by atoms with Gasteiger partial charge in [-0.15, -0.1) is 0 Å². The van der Waals surface area contributed by atoms with Crippen molar-refractivity contribution >= 4 is 0 Å². The third-order valence-electron chi connectivity index (χ3n) is 1.71. The van der Waals surface area contributed by atoms with Crippen molar-refractivity contribution in [2.45, 2.75) is 19.6 Å². The Kier molecular flexibility index (Phi) is 3.85. The molecule has 0 fully saturated rings. The number of aliphatic hydroxyl groups excluding tert-OH is 1. The van der Waals surface area contributed by atoms with Gasteiger partial charge >= 0.3 is 0 Å². The number of benzene rings is 1. The first kappa shape index (κ1) is 10.9. The van der Waals surface area contributed by atoms with Gasteiger partial charge in [0.25, 0.3) is 0 Å². The topological polar surface area (TPSA) is 55.5 Å². The lowest BCUT2D eigenvalue weighted by Crippen LogP contribution is -2.13. The molecule has 0 spiro atoms. The molecule has 0 heterocycles. The SMILES string of the molecule is CC(O)COc1ccc(CN)cc1F. The maximum Gasteiger partial charge on any atom is 0.165 e. The van der Waals surface area contributed by atoms with E-state index in [1.165, 1.54) is 12.1 Å². The van der Waals surface area contributed by atoms with Gasteiger partial charge in [-0.1, -0.05) is 6.07 Å². The Morgan fingerprint density at radius 3 is 2.79 bits per heavy atom. The second kappa shape index (κ2) is 4.93. The molecule has 1 rings (SSSR count). The van der Waals surface area contributed by atoms with Gasteiger partial charge in [0, 0.05) is 6.54 Å². The van der Waals surface area contributed by atoms with E-state index in [2.05, 4.69) is 0 Å². The van der Waals surface area contributed by atoms with Crippen molar-refractivity contribution in [1.82, 2.24) is 0 Å². The Bertz CT molecular complexity index is 302. The summed E-state index contributed by atoms with van der Waals surface area (Å²) in [6.07, 6.45) is -0.608. The fourth-order valence-electron chi connectivity index (χ4n) is 0.999. The molecule has 1 aromatic carbocycles. The molecule has 0 bridgehead atoms. The van der Waals surface area contributed by atoms with Crippen LogP contribution in [0, 0.1) is 5.82 Å². The van der Waals surface area contributed by atoms with Gasteiger partial charge in [-0.2, -0.15) is 0 Å². The van der Waals surface area contributed by atoms with Crippen LogP contribution in [-0.2, 0) is 6.54 Å². The molecule has 0 saturated heterocycles. The van der Waals surface area contributed by atoms with Gasteiger partial charge in [-0.3, -0.25) is 0 Å². The molecule has 78 valence electrons. The molecule has 0 aromatic heterocycles. The van der Waals surface area contributed by atoms with Crippen LogP contribution in [0.2, 0.25) is 0 Å². The summed E-state index contributed by atoms with van der Waals surface area (Å²) in [6.45, 7) is 1.96. The lowest BCUT2D eigenvalue weighted by molar-refractivity contribution is 0.120. The van der Waals surface area contributed by atoms with E-state index in [-0.39, 0.29) is 12.4 Å². The predicted molar refractivity (Wildman–Crippen MR) is 51.5 cm³/mol. The van der Waals surface area contributed by atoms with Gasteiger partial charge in [-0.25, -0.2) is 4.39 Å². The Morgan fingerprint density at radius 2 is 2.29 bits per heavy atom. The van der Waals surface area contributed by atoms with E-state index >= 15 is 0 Å². The Hall–Kier alpha value is -1.13. The van der Waals surface area contributed by atoms with E-state index in [1.54, 1.807) is 13.0 Å². The van der Waals surface area contributed by atoms with Gasteiger partial charge in [0.05, 0.1) is 6.10 Å². The molecule has 0 aliphatic heterocycles. The van der Waals surface area contributed by atoms with E-state index in [0.717, 1.165) is 0 Å². The van der Waals surface area contributed by atoms with Crippen molar-refractivity contribution in [3.63, 3.8) is 0 Å². The number of ether oxygens (including phenoxy) is 1. The number of rotatable bonds is 4. The normalized spacial score (nSPS) is 12.6. The molecule has 0 aliphatic rings. The summed E-state index contributed by atoms with van der Waals surface area (Å²) in [5.74, 6) is -0.309. The average Bonchev–Trinajstić information content (AvgIpc) is 2.15. The smallest absolute Gasteiger partial charge is 0.165 e. The summed E-state index contributed by atoms with van der Waals surface area (Å²) in [6, 6.07) is 4.54. The summed E-state index contributed by atoms with van der Waals surface area (Å²) >= 11 is 0. The molecule has 4 heteroatoms. The summed E-state index contributed by atoms with van der Waals surface area (Å²) in [5.41, 5.74) is 6.06. The summed E-state index contributed by atoms with van der Waals surface area (Å²) in [7, 11) is 0. The minimum Gasteiger partial charge on any atom is -0.488 e. The molecule has 3 nitrogen and oxygen atoms in total. The number of hydrogen-bond donors (Lipinski definition) is 2. The van der Waals surface area contributed by atoms with Crippen LogP contribution in [0.5, 0.6) is 5.75 Å². The lowest BCUT2D eigenvalue weighted by atomic mass is 10.2. The maximum atomic E-state index is 13.2. The van der Waals surface area contributed by atoms with Crippen molar-refractivity contribution in [3.8, 4) is 5.75 Å². The first-order valence-electron chi connectivity index (χ1n) is 4.43. The minimum atomic E-state index is -0.608. The second-order valence-electron chi connectivity index (χ2n) is 3.13. The third-order valence-corrected chi connectivity index (χ3v) is 1.71. The van der Waals surface area contributed by atoms with Crippen LogP contribution in [0.25, 0.3) is 0 Å². The van der Waals surface area contributed by atoms with Crippen LogP contribution in [0.4, 0.5) is 4.39 Å². The van der Waals surface area contributed by atoms with Crippen molar-refractivity contribution in [2.24, 2.45) is 5.73 Å². The quantitative estimate of drug-likeness (QED) is 0.761. The monoisotopic (exact) mass is 199 g/mol. The Balaban J connectivity index is 2.69. The molecular formula is C10H14FNO2. The van der Waals surface area contributed by atoms with Crippen LogP contribution in [-0.4, -0.2) is 17.8 Å². The fourth-order valence-corrected chi connectivity index (χ4v) is 0.999. The standard InChI is InChI=1S/C10H14FNO2/c1-7(13)6-14-10-3-2-8(5-12)4-9(10)11/h2-4,7,13H,5-6,12H2,1H3. The van der Waals surface area contributed by atoms with E-state index in [4.69, 9.17) is 15.6 Å². The number of hydrogen-bond acceptors (Lipinski definition) is 3. The number of halogens is 1. The van der Waals surface area contributed by atoms with Crippen molar-refractivity contribution in [2.75, 3.05) is 6.61 Å². The molecular weight excluding hydrogens is 185 g/mol. The zero-order chi connectivity index (χ0) is 10.6. The highest BCUT2D eigenvalue weighted by molar-refractivity contribution is 5.29. The minimum absolute atomic E-state index is 0.0822. The fraction of sp³-hybridized carbons (Fsp3) is 0.400. The molecule has 0 amide bonds. The van der Waals surface area contributed by atoms with Gasteiger partial charge in [0.2, 0.25) is 0 Å². The second-order valence-corrected chi connectivity index (χ2v) is 3.13. The van der Waals surface area contributed by atoms with E-state index in [9.17, 15) is 4.39 Å². The average molecular weight is 199 g/mol. The third kappa shape index (κ3) is 2.97. The van der Waals surface area contributed by atoms with Gasteiger partial charge < -0.3 is 15.6 Å². The molecule has 1 unspecified atom stereocenters. The summed E-state index contributed by atoms with van der Waals surface area (Å²) in [4.78, 5) is 0. The van der Waals surface area contributed by atoms with Crippen molar-refractivity contribution in [3.05, 3.63) is 29.6 Å². The van der Waals surface area contributed by atoms with Crippen LogP contribution in [0.15, 0.2) is 18.2 Å². The van der Waals surface area contributed by atoms with E-state index in [0.29, 0.717) is 12.1 Å². The predicted octanol–water partition coefficient (Wildman–Crippen LogP) is 1.04. The summed E-state index contributed by atoms with van der Waals surface area (Å²) in [5, 5.41) is 8.94. The first-order valence-corrected chi connectivity index (χ1v) is 4.43. The first-order chi connectivity index (χ1) is 6.63. The molecule has 1 aromatic rings. The molecule has 1 atom stereocenters. The van der Waals surface area contributed by atoms with Gasteiger partial charge in [-0.05, 0) is 24.6 Å². The zero-order valence-electron chi connectivity index (χ0n) is 8.03. The number of aliphatic hydroxyl groups is 1. The van der Waals surface area contributed by atoms with Crippen molar-refractivity contribution in [1.29, 1.82) is 0 Å². The highest BCUT2D eigenvalue weighted by Crippen LogP contribution is 2.18. The van der Waals surface area contributed by atoms with Gasteiger partial charge in [0.1, 0.15) is 6.61 Å². The van der Waals surface area contributed by atoms with Gasteiger partial charge in [0.15, 0.2) is 11.6 Å². The van der Waals surface area contributed by atoms with E-state index < -0.39 is 11.9 Å². The Labute approximate surface area is 82.3 Å². The molecule has 14 heavy (non-hydrogen) atoms. The largest absolute Gasteiger partial charge is 0.488 e. The zero-order valence-corrected chi connectivity index (χ0v) is 8.03. The van der Waals surface area contributed by atoms with Crippen LogP contribution in [0.1, 0.15) is 12.5 Å². The molecule has 3 N–H and O–H groups in total. The van der Waals surface area contributed by atoms with Crippen LogP contribution in [0.3, 0.4) is 0 Å². The highest BCUT2D eigenvalue weighted by atomic mass is 19.1. The van der Waals surface area contributed by atoms with Crippen LogP contribution >= 0.6 is 0 Å². The van der Waals surface area contributed by atoms with Crippen LogP contribution < -0.4 is 10.5 Å². The molecule has 0 radical (unpaired) electrons. The van der Waals surface area contributed by atoms with Crippen molar-refractivity contribution < 1.29 is 14.2 Å². The molecule has 0 saturated carbocycles.